The summed E-state index contributed by atoms with van der Waals surface area (Å²) in [6, 6.07) is -0.304. The van der Waals surface area contributed by atoms with Gasteiger partial charge in [-0.1, -0.05) is 19.8 Å². The van der Waals surface area contributed by atoms with Gasteiger partial charge in [-0.2, -0.15) is 0 Å². The van der Waals surface area contributed by atoms with Crippen molar-refractivity contribution in [3.05, 3.63) is 0 Å². The molecule has 0 spiro atoms. The molecule has 2 unspecified atom stereocenters. The Morgan fingerprint density at radius 1 is 1.46 bits per heavy atom. The standard InChI is InChI=1S/C10H19NO2/c1-2-3-8-4-5-9(10(12)13)11-7-6-8/h8-9,11H,2-7H2,1H3,(H,12,13). The lowest BCUT2D eigenvalue weighted by molar-refractivity contribution is -0.139. The molecule has 1 heterocycles. The Hall–Kier alpha value is -0.570. The van der Waals surface area contributed by atoms with Gasteiger partial charge in [0.05, 0.1) is 0 Å². The Labute approximate surface area is 79.5 Å². The number of hydrogen-bond donors (Lipinski definition) is 2. The van der Waals surface area contributed by atoms with Gasteiger partial charge in [0.1, 0.15) is 6.04 Å². The molecular weight excluding hydrogens is 166 g/mol. The third kappa shape index (κ3) is 3.35. The monoisotopic (exact) mass is 185 g/mol. The molecule has 13 heavy (non-hydrogen) atoms. The van der Waals surface area contributed by atoms with E-state index in [0.717, 1.165) is 31.7 Å². The summed E-state index contributed by atoms with van der Waals surface area (Å²) in [7, 11) is 0. The van der Waals surface area contributed by atoms with E-state index in [2.05, 4.69) is 12.2 Å². The molecule has 1 rings (SSSR count). The molecular formula is C10H19NO2. The Bertz CT molecular complexity index is 170. The summed E-state index contributed by atoms with van der Waals surface area (Å²) >= 11 is 0. The van der Waals surface area contributed by atoms with Crippen LogP contribution < -0.4 is 5.32 Å². The summed E-state index contributed by atoms with van der Waals surface area (Å²) in [6.07, 6.45) is 5.45. The van der Waals surface area contributed by atoms with Crippen LogP contribution in [0.25, 0.3) is 0 Å². The van der Waals surface area contributed by atoms with Crippen molar-refractivity contribution in [3.8, 4) is 0 Å². The molecule has 0 aromatic rings. The fraction of sp³-hybridized carbons (Fsp3) is 0.900. The number of carboxylic acid groups (broad SMARTS) is 1. The van der Waals surface area contributed by atoms with Crippen LogP contribution in [0.15, 0.2) is 0 Å². The molecule has 2 N–H and O–H groups in total. The van der Waals surface area contributed by atoms with E-state index in [1.54, 1.807) is 0 Å². The lowest BCUT2D eigenvalue weighted by Crippen LogP contribution is -2.35. The topological polar surface area (TPSA) is 49.3 Å². The summed E-state index contributed by atoms with van der Waals surface area (Å²) in [5, 5.41) is 11.9. The lowest BCUT2D eigenvalue weighted by Gasteiger charge is -2.11. The van der Waals surface area contributed by atoms with E-state index in [1.165, 1.54) is 12.8 Å². The smallest absolute Gasteiger partial charge is 0.320 e. The molecule has 76 valence electrons. The van der Waals surface area contributed by atoms with E-state index in [-0.39, 0.29) is 6.04 Å². The number of carboxylic acids is 1. The highest BCUT2D eigenvalue weighted by Gasteiger charge is 2.22. The van der Waals surface area contributed by atoms with Crippen LogP contribution in [0, 0.1) is 5.92 Å². The first-order valence-electron chi connectivity index (χ1n) is 5.20. The maximum Gasteiger partial charge on any atom is 0.320 e. The van der Waals surface area contributed by atoms with E-state index in [1.807, 2.05) is 0 Å². The van der Waals surface area contributed by atoms with Crippen molar-refractivity contribution in [3.63, 3.8) is 0 Å². The summed E-state index contributed by atoms with van der Waals surface area (Å²) < 4.78 is 0. The molecule has 1 aliphatic rings. The Balaban J connectivity index is 2.35. The van der Waals surface area contributed by atoms with E-state index in [0.29, 0.717) is 0 Å². The number of hydrogen-bond acceptors (Lipinski definition) is 2. The molecule has 1 aliphatic heterocycles. The molecule has 0 aliphatic carbocycles. The minimum Gasteiger partial charge on any atom is -0.480 e. The summed E-state index contributed by atoms with van der Waals surface area (Å²) in [5.74, 6) is 0.0407. The molecule has 0 aromatic heterocycles. The zero-order valence-corrected chi connectivity index (χ0v) is 8.25. The van der Waals surface area contributed by atoms with Crippen LogP contribution in [0.3, 0.4) is 0 Å². The Morgan fingerprint density at radius 3 is 2.85 bits per heavy atom. The van der Waals surface area contributed by atoms with Crippen molar-refractivity contribution in [2.75, 3.05) is 6.54 Å². The van der Waals surface area contributed by atoms with Gasteiger partial charge in [0.2, 0.25) is 0 Å². The Morgan fingerprint density at radius 2 is 2.23 bits per heavy atom. The molecule has 1 saturated heterocycles. The maximum absolute atomic E-state index is 10.7. The quantitative estimate of drug-likeness (QED) is 0.702. The highest BCUT2D eigenvalue weighted by Crippen LogP contribution is 2.20. The average molecular weight is 185 g/mol. The first-order valence-corrected chi connectivity index (χ1v) is 5.20. The third-order valence-corrected chi connectivity index (χ3v) is 2.80. The van der Waals surface area contributed by atoms with Crippen molar-refractivity contribution in [2.45, 2.75) is 45.1 Å². The second kappa shape index (κ2) is 5.22. The van der Waals surface area contributed by atoms with Gasteiger partial charge < -0.3 is 10.4 Å². The molecule has 2 atom stereocenters. The predicted octanol–water partition coefficient (Wildman–Crippen LogP) is 1.63. The number of nitrogens with one attached hydrogen (secondary N) is 1. The minimum atomic E-state index is -0.697. The lowest BCUT2D eigenvalue weighted by atomic mass is 9.95. The summed E-state index contributed by atoms with van der Waals surface area (Å²) in [4.78, 5) is 10.7. The van der Waals surface area contributed by atoms with E-state index in [4.69, 9.17) is 5.11 Å². The highest BCUT2D eigenvalue weighted by molar-refractivity contribution is 5.73. The SMILES string of the molecule is CCCC1CCNC(C(=O)O)CC1. The number of carbonyl (C=O) groups is 1. The largest absolute Gasteiger partial charge is 0.480 e. The van der Waals surface area contributed by atoms with Crippen LogP contribution in [-0.4, -0.2) is 23.7 Å². The first-order chi connectivity index (χ1) is 6.24. The van der Waals surface area contributed by atoms with Crippen molar-refractivity contribution < 1.29 is 9.90 Å². The fourth-order valence-corrected chi connectivity index (χ4v) is 2.02. The Kier molecular flexibility index (Phi) is 4.22. The second-order valence-electron chi connectivity index (χ2n) is 3.87. The van der Waals surface area contributed by atoms with Gasteiger partial charge in [0, 0.05) is 0 Å². The number of rotatable bonds is 3. The van der Waals surface area contributed by atoms with Crippen molar-refractivity contribution in [2.24, 2.45) is 5.92 Å². The normalized spacial score (nSPS) is 29.6. The van der Waals surface area contributed by atoms with Crippen LogP contribution in [-0.2, 0) is 4.79 Å². The van der Waals surface area contributed by atoms with Crippen molar-refractivity contribution in [1.29, 1.82) is 0 Å². The molecule has 0 saturated carbocycles. The van der Waals surface area contributed by atoms with Crippen LogP contribution in [0.5, 0.6) is 0 Å². The molecule has 3 nitrogen and oxygen atoms in total. The van der Waals surface area contributed by atoms with Crippen molar-refractivity contribution >= 4 is 5.97 Å². The average Bonchev–Trinajstić information content (AvgIpc) is 2.30. The zero-order chi connectivity index (χ0) is 9.68. The summed E-state index contributed by atoms with van der Waals surface area (Å²) in [6.45, 7) is 3.05. The molecule has 1 fully saturated rings. The molecule has 0 amide bonds. The molecule has 3 heteroatoms. The van der Waals surface area contributed by atoms with Gasteiger partial charge in [0.15, 0.2) is 0 Å². The van der Waals surface area contributed by atoms with E-state index in [9.17, 15) is 4.79 Å². The van der Waals surface area contributed by atoms with Crippen molar-refractivity contribution in [1.82, 2.24) is 5.32 Å². The predicted molar refractivity (Wildman–Crippen MR) is 51.7 cm³/mol. The van der Waals surface area contributed by atoms with Gasteiger partial charge in [-0.3, -0.25) is 4.79 Å². The fourth-order valence-electron chi connectivity index (χ4n) is 2.02. The van der Waals surface area contributed by atoms with Gasteiger partial charge in [-0.15, -0.1) is 0 Å². The molecule has 0 radical (unpaired) electrons. The summed E-state index contributed by atoms with van der Waals surface area (Å²) in [5.41, 5.74) is 0. The minimum absolute atomic E-state index is 0.304. The van der Waals surface area contributed by atoms with Gasteiger partial charge in [-0.25, -0.2) is 0 Å². The van der Waals surface area contributed by atoms with Crippen LogP contribution in [0.1, 0.15) is 39.0 Å². The first kappa shape index (κ1) is 10.5. The molecule has 0 aromatic carbocycles. The van der Waals surface area contributed by atoms with Crippen LogP contribution >= 0.6 is 0 Å². The third-order valence-electron chi connectivity index (χ3n) is 2.80. The van der Waals surface area contributed by atoms with Crippen LogP contribution in [0.2, 0.25) is 0 Å². The van der Waals surface area contributed by atoms with Crippen LogP contribution in [0.4, 0.5) is 0 Å². The number of aliphatic carboxylic acids is 1. The highest BCUT2D eigenvalue weighted by atomic mass is 16.4. The van der Waals surface area contributed by atoms with Gasteiger partial charge in [0.25, 0.3) is 0 Å². The second-order valence-corrected chi connectivity index (χ2v) is 3.87. The van der Waals surface area contributed by atoms with Gasteiger partial charge in [-0.05, 0) is 31.7 Å². The van der Waals surface area contributed by atoms with E-state index >= 15 is 0 Å². The van der Waals surface area contributed by atoms with E-state index < -0.39 is 5.97 Å². The molecule has 0 bridgehead atoms. The zero-order valence-electron chi connectivity index (χ0n) is 8.25. The maximum atomic E-state index is 10.7. The van der Waals surface area contributed by atoms with Gasteiger partial charge >= 0.3 is 5.97 Å².